The van der Waals surface area contributed by atoms with Crippen LogP contribution in [-0.2, 0) is 4.79 Å². The lowest BCUT2D eigenvalue weighted by molar-refractivity contribution is -0.384. The molecular weight excluding hydrogens is 370 g/mol. The standard InChI is InChI=1S/C22H25N3O4/c1-2-3-4-8-14-23-22(27)20(24-21(26)18-11-6-5-7-12-18)16-17-10-9-13-19(15-17)25(28)29/h5-7,9-13,15-16H,2-4,8,14H2,1H3,(H,23,27)(H,24,26)/b20-16-. The average molecular weight is 395 g/mol. The van der Waals surface area contributed by atoms with Gasteiger partial charge in [0.2, 0.25) is 0 Å². The smallest absolute Gasteiger partial charge is 0.270 e. The molecule has 7 nitrogen and oxygen atoms in total. The van der Waals surface area contributed by atoms with E-state index in [2.05, 4.69) is 17.6 Å². The molecule has 152 valence electrons. The van der Waals surface area contributed by atoms with Gasteiger partial charge in [-0.1, -0.05) is 56.5 Å². The Balaban J connectivity index is 2.20. The van der Waals surface area contributed by atoms with Gasteiger partial charge < -0.3 is 10.6 Å². The molecule has 0 spiro atoms. The van der Waals surface area contributed by atoms with Gasteiger partial charge in [-0.05, 0) is 30.2 Å². The zero-order valence-corrected chi connectivity index (χ0v) is 16.4. The number of benzene rings is 2. The first-order valence-electron chi connectivity index (χ1n) is 9.62. The van der Waals surface area contributed by atoms with Crippen LogP contribution < -0.4 is 10.6 Å². The van der Waals surface area contributed by atoms with E-state index < -0.39 is 16.7 Å². The Morgan fingerprint density at radius 1 is 1.03 bits per heavy atom. The minimum Gasteiger partial charge on any atom is -0.351 e. The second-order valence-electron chi connectivity index (χ2n) is 6.55. The minimum absolute atomic E-state index is 0.0369. The molecule has 2 rings (SSSR count). The number of nitrogens with one attached hydrogen (secondary N) is 2. The Labute approximate surface area is 170 Å². The highest BCUT2D eigenvalue weighted by molar-refractivity contribution is 6.05. The molecule has 0 unspecified atom stereocenters. The van der Waals surface area contributed by atoms with Crippen LogP contribution in [0.15, 0.2) is 60.3 Å². The van der Waals surface area contributed by atoms with Gasteiger partial charge in [0, 0.05) is 24.2 Å². The third-order valence-corrected chi connectivity index (χ3v) is 4.24. The van der Waals surface area contributed by atoms with Gasteiger partial charge in [-0.25, -0.2) is 0 Å². The Kier molecular flexibility index (Phi) is 8.56. The molecule has 0 radical (unpaired) electrons. The second kappa shape index (κ2) is 11.4. The Bertz CT molecular complexity index is 879. The Morgan fingerprint density at radius 3 is 2.48 bits per heavy atom. The fourth-order valence-electron chi connectivity index (χ4n) is 2.69. The van der Waals surface area contributed by atoms with E-state index in [9.17, 15) is 19.7 Å². The van der Waals surface area contributed by atoms with Gasteiger partial charge in [-0.2, -0.15) is 0 Å². The molecule has 2 aromatic rings. The van der Waals surface area contributed by atoms with Crippen LogP contribution in [0.1, 0.15) is 48.5 Å². The van der Waals surface area contributed by atoms with Crippen molar-refractivity contribution in [3.05, 3.63) is 81.5 Å². The second-order valence-corrected chi connectivity index (χ2v) is 6.55. The minimum atomic E-state index is -0.507. The van der Waals surface area contributed by atoms with Gasteiger partial charge in [0.1, 0.15) is 5.70 Å². The van der Waals surface area contributed by atoms with Gasteiger partial charge in [0.15, 0.2) is 0 Å². The number of amides is 2. The predicted molar refractivity (Wildman–Crippen MR) is 112 cm³/mol. The highest BCUT2D eigenvalue weighted by Gasteiger charge is 2.15. The van der Waals surface area contributed by atoms with Crippen LogP contribution in [0.5, 0.6) is 0 Å². The van der Waals surface area contributed by atoms with Crippen LogP contribution >= 0.6 is 0 Å². The molecular formula is C22H25N3O4. The zero-order chi connectivity index (χ0) is 21.1. The number of carbonyl (C=O) groups excluding carboxylic acids is 2. The van der Waals surface area contributed by atoms with E-state index in [0.29, 0.717) is 17.7 Å². The van der Waals surface area contributed by atoms with E-state index in [4.69, 9.17) is 0 Å². The number of nitrogens with zero attached hydrogens (tertiary/aromatic N) is 1. The lowest BCUT2D eigenvalue weighted by Crippen LogP contribution is -2.35. The van der Waals surface area contributed by atoms with Crippen LogP contribution in [0.25, 0.3) is 6.08 Å². The van der Waals surface area contributed by atoms with Crippen LogP contribution in [0.2, 0.25) is 0 Å². The first-order valence-corrected chi connectivity index (χ1v) is 9.62. The van der Waals surface area contributed by atoms with Gasteiger partial charge in [0.25, 0.3) is 17.5 Å². The summed E-state index contributed by atoms with van der Waals surface area (Å²) in [6.45, 7) is 2.60. The van der Waals surface area contributed by atoms with Crippen LogP contribution in [0.4, 0.5) is 5.69 Å². The van der Waals surface area contributed by atoms with Crippen molar-refractivity contribution in [2.75, 3.05) is 6.54 Å². The van der Waals surface area contributed by atoms with E-state index in [0.717, 1.165) is 25.7 Å². The van der Waals surface area contributed by atoms with Crippen molar-refractivity contribution >= 4 is 23.6 Å². The molecule has 0 aliphatic carbocycles. The van der Waals surface area contributed by atoms with Crippen LogP contribution in [0, 0.1) is 10.1 Å². The Morgan fingerprint density at radius 2 is 1.79 bits per heavy atom. The largest absolute Gasteiger partial charge is 0.351 e. The highest BCUT2D eigenvalue weighted by atomic mass is 16.6. The summed E-state index contributed by atoms with van der Waals surface area (Å²) in [5, 5.41) is 16.4. The first kappa shape index (κ1) is 21.8. The first-order chi connectivity index (χ1) is 14.0. The number of hydrogen-bond donors (Lipinski definition) is 2. The molecule has 0 atom stereocenters. The lowest BCUT2D eigenvalue weighted by Gasteiger charge is -2.11. The summed E-state index contributed by atoms with van der Waals surface area (Å²) in [5.41, 5.74) is 0.805. The van der Waals surface area contributed by atoms with Gasteiger partial charge in [-0.3, -0.25) is 19.7 Å². The van der Waals surface area contributed by atoms with Gasteiger partial charge >= 0.3 is 0 Å². The number of carbonyl (C=O) groups is 2. The van der Waals surface area contributed by atoms with Crippen LogP contribution in [-0.4, -0.2) is 23.3 Å². The molecule has 2 N–H and O–H groups in total. The molecule has 2 aromatic carbocycles. The predicted octanol–water partition coefficient (Wildman–Crippen LogP) is 4.06. The number of hydrogen-bond acceptors (Lipinski definition) is 4. The average Bonchev–Trinajstić information content (AvgIpc) is 2.73. The molecule has 0 aromatic heterocycles. The molecule has 0 aliphatic heterocycles. The number of rotatable bonds is 10. The molecule has 0 heterocycles. The molecule has 0 aliphatic rings. The fourth-order valence-corrected chi connectivity index (χ4v) is 2.69. The van der Waals surface area contributed by atoms with Crippen molar-refractivity contribution in [1.82, 2.24) is 10.6 Å². The van der Waals surface area contributed by atoms with Crippen molar-refractivity contribution in [2.24, 2.45) is 0 Å². The van der Waals surface area contributed by atoms with E-state index in [1.54, 1.807) is 36.4 Å². The number of nitro groups is 1. The highest BCUT2D eigenvalue weighted by Crippen LogP contribution is 2.15. The zero-order valence-electron chi connectivity index (χ0n) is 16.4. The van der Waals surface area contributed by atoms with Crippen molar-refractivity contribution in [3.63, 3.8) is 0 Å². The maximum Gasteiger partial charge on any atom is 0.270 e. The SMILES string of the molecule is CCCCCCNC(=O)/C(=C/c1cccc([N+](=O)[O-])c1)NC(=O)c1ccccc1. The summed E-state index contributed by atoms with van der Waals surface area (Å²) in [6, 6.07) is 14.4. The summed E-state index contributed by atoms with van der Waals surface area (Å²) in [5.74, 6) is -0.860. The molecule has 0 fully saturated rings. The summed E-state index contributed by atoms with van der Waals surface area (Å²) >= 11 is 0. The van der Waals surface area contributed by atoms with Crippen molar-refractivity contribution in [2.45, 2.75) is 32.6 Å². The lowest BCUT2D eigenvalue weighted by atomic mass is 10.1. The molecule has 2 amide bonds. The van der Waals surface area contributed by atoms with Gasteiger partial charge in [-0.15, -0.1) is 0 Å². The summed E-state index contributed by atoms with van der Waals surface area (Å²) in [4.78, 5) is 35.6. The molecule has 0 bridgehead atoms. The molecule has 7 heteroatoms. The van der Waals surface area contributed by atoms with E-state index in [1.165, 1.54) is 24.3 Å². The summed E-state index contributed by atoms with van der Waals surface area (Å²) in [6.07, 6.45) is 5.48. The number of nitro benzene ring substituents is 1. The number of unbranched alkanes of at least 4 members (excludes halogenated alkanes) is 3. The third kappa shape index (κ3) is 7.21. The molecule has 0 saturated heterocycles. The number of non-ortho nitro benzene ring substituents is 1. The van der Waals surface area contributed by atoms with Gasteiger partial charge in [0.05, 0.1) is 4.92 Å². The normalized spacial score (nSPS) is 11.0. The van der Waals surface area contributed by atoms with E-state index in [-0.39, 0.29) is 11.4 Å². The Hall–Kier alpha value is -3.48. The maximum absolute atomic E-state index is 12.6. The quantitative estimate of drug-likeness (QED) is 0.274. The molecule has 29 heavy (non-hydrogen) atoms. The monoisotopic (exact) mass is 395 g/mol. The summed E-state index contributed by atoms with van der Waals surface area (Å²) < 4.78 is 0. The molecule has 0 saturated carbocycles. The van der Waals surface area contributed by atoms with E-state index in [1.807, 2.05) is 0 Å². The van der Waals surface area contributed by atoms with Crippen molar-refractivity contribution in [3.8, 4) is 0 Å². The van der Waals surface area contributed by atoms with Crippen LogP contribution in [0.3, 0.4) is 0 Å². The van der Waals surface area contributed by atoms with Crippen molar-refractivity contribution < 1.29 is 14.5 Å². The topological polar surface area (TPSA) is 101 Å². The maximum atomic E-state index is 12.6. The van der Waals surface area contributed by atoms with Crippen molar-refractivity contribution in [1.29, 1.82) is 0 Å². The van der Waals surface area contributed by atoms with E-state index >= 15 is 0 Å². The summed E-state index contributed by atoms with van der Waals surface area (Å²) in [7, 11) is 0. The third-order valence-electron chi connectivity index (χ3n) is 4.24. The fraction of sp³-hybridized carbons (Fsp3) is 0.273.